The van der Waals surface area contributed by atoms with Gasteiger partial charge in [0.1, 0.15) is 5.82 Å². The van der Waals surface area contributed by atoms with Crippen LogP contribution in [-0.2, 0) is 0 Å². The lowest BCUT2D eigenvalue weighted by atomic mass is 10.2. The topological polar surface area (TPSA) is 36.8 Å². The molecule has 1 heterocycles. The molecule has 1 amide bonds. The highest BCUT2D eigenvalue weighted by atomic mass is 32.1. The summed E-state index contributed by atoms with van der Waals surface area (Å²) >= 11 is 5.23. The number of hydrogen-bond donors (Lipinski definition) is 2. The van der Waals surface area contributed by atoms with Crippen molar-refractivity contribution in [3.63, 3.8) is 0 Å². The summed E-state index contributed by atoms with van der Waals surface area (Å²) in [6.07, 6.45) is 0. The molecule has 1 saturated heterocycles. The molecule has 19 heavy (non-hydrogen) atoms. The SMILES string of the molecule is C[NH+]1CCN(C(=S)NC(=O)c2ccc(F)cc2)CC1. The summed E-state index contributed by atoms with van der Waals surface area (Å²) in [4.78, 5) is 15.4. The zero-order valence-electron chi connectivity index (χ0n) is 10.8. The van der Waals surface area contributed by atoms with E-state index in [9.17, 15) is 9.18 Å². The Bertz CT molecular complexity index is 469. The summed E-state index contributed by atoms with van der Waals surface area (Å²) in [7, 11) is 2.14. The Balaban J connectivity index is 1.91. The first kappa shape index (κ1) is 13.9. The first-order valence-corrected chi connectivity index (χ1v) is 6.64. The molecule has 1 fully saturated rings. The quantitative estimate of drug-likeness (QED) is 0.693. The fourth-order valence-electron chi connectivity index (χ4n) is 1.94. The normalized spacial score (nSPS) is 16.2. The summed E-state index contributed by atoms with van der Waals surface area (Å²) in [6, 6.07) is 5.41. The van der Waals surface area contributed by atoms with Gasteiger partial charge in [0.15, 0.2) is 5.11 Å². The van der Waals surface area contributed by atoms with Crippen LogP contribution in [0.2, 0.25) is 0 Å². The van der Waals surface area contributed by atoms with Gasteiger partial charge in [0.25, 0.3) is 5.91 Å². The van der Waals surface area contributed by atoms with Gasteiger partial charge in [-0.1, -0.05) is 0 Å². The molecule has 102 valence electrons. The Morgan fingerprint density at radius 1 is 1.32 bits per heavy atom. The number of quaternary nitrogens is 1. The van der Waals surface area contributed by atoms with E-state index in [1.165, 1.54) is 29.2 Å². The number of piperazine rings is 1. The number of thiocarbonyl (C=S) groups is 1. The molecule has 0 unspecified atom stereocenters. The van der Waals surface area contributed by atoms with Crippen LogP contribution in [0, 0.1) is 5.82 Å². The smallest absolute Gasteiger partial charge is 0.257 e. The predicted molar refractivity (Wildman–Crippen MR) is 74.7 cm³/mol. The minimum Gasteiger partial charge on any atom is -0.338 e. The third kappa shape index (κ3) is 3.71. The number of carbonyl (C=O) groups is 1. The van der Waals surface area contributed by atoms with E-state index < -0.39 is 0 Å². The molecule has 4 nitrogen and oxygen atoms in total. The standard InChI is InChI=1S/C13H16FN3OS/c1-16-6-8-17(9-7-16)13(19)15-12(18)10-2-4-11(14)5-3-10/h2-5H,6-9H2,1H3,(H,15,18,19)/p+1. The summed E-state index contributed by atoms with van der Waals surface area (Å²) in [6.45, 7) is 3.70. The number of carbonyl (C=O) groups excluding carboxylic acids is 1. The maximum Gasteiger partial charge on any atom is 0.257 e. The molecule has 0 aromatic heterocycles. The van der Waals surface area contributed by atoms with Crippen molar-refractivity contribution in [1.82, 2.24) is 10.2 Å². The Morgan fingerprint density at radius 2 is 1.89 bits per heavy atom. The van der Waals surface area contributed by atoms with E-state index >= 15 is 0 Å². The van der Waals surface area contributed by atoms with E-state index in [4.69, 9.17) is 12.2 Å². The molecule has 1 aromatic rings. The van der Waals surface area contributed by atoms with Crippen LogP contribution in [-0.4, -0.2) is 49.1 Å². The van der Waals surface area contributed by atoms with Gasteiger partial charge in [-0.25, -0.2) is 4.39 Å². The molecule has 0 atom stereocenters. The van der Waals surface area contributed by atoms with Gasteiger partial charge >= 0.3 is 0 Å². The lowest BCUT2D eigenvalue weighted by molar-refractivity contribution is -0.883. The highest BCUT2D eigenvalue weighted by Crippen LogP contribution is 2.03. The van der Waals surface area contributed by atoms with E-state index in [0.717, 1.165) is 26.2 Å². The van der Waals surface area contributed by atoms with Crippen molar-refractivity contribution in [3.05, 3.63) is 35.6 Å². The van der Waals surface area contributed by atoms with Gasteiger partial charge < -0.3 is 9.80 Å². The minimum atomic E-state index is -0.360. The first-order valence-electron chi connectivity index (χ1n) is 6.23. The summed E-state index contributed by atoms with van der Waals surface area (Å²) in [5, 5.41) is 3.13. The fraction of sp³-hybridized carbons (Fsp3) is 0.385. The van der Waals surface area contributed by atoms with E-state index in [-0.39, 0.29) is 11.7 Å². The van der Waals surface area contributed by atoms with Crippen LogP contribution in [0.3, 0.4) is 0 Å². The molecule has 1 aliphatic heterocycles. The zero-order chi connectivity index (χ0) is 13.8. The zero-order valence-corrected chi connectivity index (χ0v) is 11.6. The van der Waals surface area contributed by atoms with E-state index in [2.05, 4.69) is 12.4 Å². The Hall–Kier alpha value is -1.53. The van der Waals surface area contributed by atoms with E-state index in [1.807, 2.05) is 4.90 Å². The maximum absolute atomic E-state index is 12.8. The van der Waals surface area contributed by atoms with Crippen LogP contribution in [0.4, 0.5) is 4.39 Å². The molecule has 0 radical (unpaired) electrons. The Kier molecular flexibility index (Phi) is 4.44. The number of likely N-dealkylation sites (N-methyl/N-ethyl adjacent to an activating group) is 1. The van der Waals surface area contributed by atoms with Gasteiger partial charge in [-0.15, -0.1) is 0 Å². The van der Waals surface area contributed by atoms with Gasteiger partial charge in [-0.05, 0) is 36.5 Å². The summed E-state index contributed by atoms with van der Waals surface area (Å²) < 4.78 is 12.8. The lowest BCUT2D eigenvalue weighted by Crippen LogP contribution is -3.12. The average Bonchev–Trinajstić information content (AvgIpc) is 2.40. The fourth-order valence-corrected chi connectivity index (χ4v) is 2.22. The average molecular weight is 282 g/mol. The molecule has 0 spiro atoms. The molecule has 1 aliphatic rings. The second-order valence-corrected chi connectivity index (χ2v) is 5.10. The van der Waals surface area contributed by atoms with Crippen molar-refractivity contribution in [2.75, 3.05) is 33.2 Å². The number of nitrogens with one attached hydrogen (secondary N) is 2. The third-order valence-electron chi connectivity index (χ3n) is 3.23. The monoisotopic (exact) mass is 282 g/mol. The Labute approximate surface area is 117 Å². The number of amides is 1. The second kappa shape index (κ2) is 6.08. The number of rotatable bonds is 1. The van der Waals surface area contributed by atoms with Gasteiger partial charge in [0.2, 0.25) is 0 Å². The van der Waals surface area contributed by atoms with Crippen molar-refractivity contribution in [1.29, 1.82) is 0 Å². The first-order chi connectivity index (χ1) is 9.06. The van der Waals surface area contributed by atoms with Crippen LogP contribution in [0.5, 0.6) is 0 Å². The van der Waals surface area contributed by atoms with Crippen LogP contribution in [0.25, 0.3) is 0 Å². The largest absolute Gasteiger partial charge is 0.338 e. The summed E-state index contributed by atoms with van der Waals surface area (Å²) in [5.74, 6) is -0.655. The van der Waals surface area contributed by atoms with Crippen molar-refractivity contribution >= 4 is 23.2 Å². The lowest BCUT2D eigenvalue weighted by Gasteiger charge is -2.31. The van der Waals surface area contributed by atoms with Crippen LogP contribution in [0.15, 0.2) is 24.3 Å². The molecule has 6 heteroatoms. The molecular weight excluding hydrogens is 265 g/mol. The van der Waals surface area contributed by atoms with E-state index in [0.29, 0.717) is 10.7 Å². The maximum atomic E-state index is 12.8. The van der Waals surface area contributed by atoms with Crippen LogP contribution < -0.4 is 10.2 Å². The van der Waals surface area contributed by atoms with Crippen molar-refractivity contribution < 1.29 is 14.1 Å². The third-order valence-corrected chi connectivity index (χ3v) is 3.59. The minimum absolute atomic E-state index is 0.295. The second-order valence-electron chi connectivity index (χ2n) is 4.71. The number of benzene rings is 1. The van der Waals surface area contributed by atoms with Crippen molar-refractivity contribution in [3.8, 4) is 0 Å². The number of nitrogens with zero attached hydrogens (tertiary/aromatic N) is 1. The van der Waals surface area contributed by atoms with Gasteiger partial charge in [-0.3, -0.25) is 10.1 Å². The van der Waals surface area contributed by atoms with Crippen LogP contribution in [0.1, 0.15) is 10.4 Å². The number of hydrogen-bond acceptors (Lipinski definition) is 2. The molecule has 1 aromatic carbocycles. The molecule has 0 saturated carbocycles. The van der Waals surface area contributed by atoms with Gasteiger partial charge in [0, 0.05) is 5.56 Å². The van der Waals surface area contributed by atoms with Crippen molar-refractivity contribution in [2.45, 2.75) is 0 Å². The predicted octanol–water partition coefficient (Wildman–Crippen LogP) is -0.329. The molecule has 2 N–H and O–H groups in total. The number of halogens is 1. The van der Waals surface area contributed by atoms with Crippen LogP contribution >= 0.6 is 12.2 Å². The Morgan fingerprint density at radius 3 is 2.47 bits per heavy atom. The molecule has 2 rings (SSSR count). The molecule has 0 aliphatic carbocycles. The molecular formula is C13H17FN3OS+. The highest BCUT2D eigenvalue weighted by Gasteiger charge is 2.20. The van der Waals surface area contributed by atoms with Gasteiger partial charge in [-0.2, -0.15) is 0 Å². The van der Waals surface area contributed by atoms with E-state index in [1.54, 1.807) is 0 Å². The van der Waals surface area contributed by atoms with Gasteiger partial charge in [0.05, 0.1) is 33.2 Å². The molecule has 0 bridgehead atoms. The summed E-state index contributed by atoms with van der Waals surface area (Å²) in [5.41, 5.74) is 0.406. The highest BCUT2D eigenvalue weighted by molar-refractivity contribution is 7.80. The van der Waals surface area contributed by atoms with Crippen molar-refractivity contribution in [2.24, 2.45) is 0 Å².